The first-order valence-electron chi connectivity index (χ1n) is 26.0. The third-order valence-corrected chi connectivity index (χ3v) is 13.9. The molecule has 0 spiro atoms. The number of phenols is 4. The largest absolute Gasteiger partial charge is 0.508 e. The summed E-state index contributed by atoms with van der Waals surface area (Å²) in [6, 6.07) is 20.6. The third kappa shape index (κ3) is 12.1. The predicted octanol–water partition coefficient (Wildman–Crippen LogP) is 4.85. The summed E-state index contributed by atoms with van der Waals surface area (Å²) in [5.74, 6) is -0.920. The van der Waals surface area contributed by atoms with Crippen molar-refractivity contribution in [1.29, 1.82) is 0 Å². The van der Waals surface area contributed by atoms with Gasteiger partial charge < -0.3 is 46.6 Å². The zero-order valence-electron chi connectivity index (χ0n) is 44.0. The molecule has 76 heavy (non-hydrogen) atoms. The number of carbonyl (C=O) groups is 4. The second-order valence-electron chi connectivity index (χ2n) is 20.1. The van der Waals surface area contributed by atoms with Crippen LogP contribution in [0.4, 0.5) is 0 Å². The second-order valence-corrected chi connectivity index (χ2v) is 20.1. The van der Waals surface area contributed by atoms with E-state index in [2.05, 4.69) is 40.8 Å². The van der Waals surface area contributed by atoms with Crippen molar-refractivity contribution in [2.24, 2.45) is 5.73 Å². The van der Waals surface area contributed by atoms with E-state index in [0.717, 1.165) is 11.1 Å². The Hall–Kier alpha value is -7.88. The molecule has 0 radical (unpaired) electrons. The van der Waals surface area contributed by atoms with Gasteiger partial charge in [-0.3, -0.25) is 38.1 Å². The van der Waals surface area contributed by atoms with Crippen LogP contribution in [0, 0.1) is 0 Å². The van der Waals surface area contributed by atoms with Crippen LogP contribution in [0.3, 0.4) is 0 Å². The lowest BCUT2D eigenvalue weighted by Gasteiger charge is -2.36. The van der Waals surface area contributed by atoms with Gasteiger partial charge in [-0.2, -0.15) is 0 Å². The standard InChI is InChI=1S/C55H69N13O8/c1-7-57-54(75)52-61-59-50(42-27-40(33(3)4)44(69)29-46(42)71)67(52)38-13-9-35(10-14-38)31-63-17-21-65(22-18-63)48(73)25-37(56)26-49(74)66-23-19-64(20-24-66)32-36-11-15-39(16-12-36)68-51(60-62-53(68)55(76)58-8-2)43-28-41(34(5)6)45(70)30-47(43)72/h9-16,27-30,33-34,37,69-72H,7-8,17-26,31-32,56H2,1-6H3,(H,57,75)(H,58,76). The molecule has 4 amide bonds. The van der Waals surface area contributed by atoms with Crippen LogP contribution < -0.4 is 16.4 Å². The van der Waals surface area contributed by atoms with E-state index in [0.29, 0.717) is 112 Å². The molecule has 6 aromatic rings. The normalized spacial score (nSPS) is 14.5. The van der Waals surface area contributed by atoms with Gasteiger partial charge in [0.15, 0.2) is 11.6 Å². The van der Waals surface area contributed by atoms with E-state index >= 15 is 0 Å². The highest BCUT2D eigenvalue weighted by Gasteiger charge is 2.29. The second kappa shape index (κ2) is 23.8. The first-order chi connectivity index (χ1) is 36.4. The highest BCUT2D eigenvalue weighted by Crippen LogP contribution is 2.40. The van der Waals surface area contributed by atoms with Crippen LogP contribution in [0.25, 0.3) is 34.2 Å². The fraction of sp³-hybridized carbons (Fsp3) is 0.418. The summed E-state index contributed by atoms with van der Waals surface area (Å²) in [4.78, 5) is 61.2. The molecule has 0 saturated carbocycles. The van der Waals surface area contributed by atoms with Gasteiger partial charge in [-0.1, -0.05) is 52.0 Å². The summed E-state index contributed by atoms with van der Waals surface area (Å²) >= 11 is 0. The number of amides is 4. The molecule has 0 aliphatic carbocycles. The first-order valence-corrected chi connectivity index (χ1v) is 26.0. The summed E-state index contributed by atoms with van der Waals surface area (Å²) in [6.45, 7) is 18.1. The number of benzene rings is 4. The molecule has 4 aromatic carbocycles. The van der Waals surface area contributed by atoms with Crippen LogP contribution in [0.5, 0.6) is 23.0 Å². The molecule has 0 unspecified atom stereocenters. The zero-order chi connectivity index (χ0) is 54.4. The molecule has 2 saturated heterocycles. The summed E-state index contributed by atoms with van der Waals surface area (Å²) in [5, 5.41) is 65.4. The number of phenolic OH excluding ortho intramolecular Hbond substituents is 4. The Morgan fingerprint density at radius 2 is 0.882 bits per heavy atom. The minimum atomic E-state index is -0.613. The van der Waals surface area contributed by atoms with Crippen molar-refractivity contribution in [2.45, 2.75) is 85.4 Å². The molecule has 21 heteroatoms. The van der Waals surface area contributed by atoms with Crippen LogP contribution in [0.1, 0.15) is 110 Å². The van der Waals surface area contributed by atoms with Gasteiger partial charge in [0, 0.05) is 121 Å². The molecule has 0 atom stereocenters. The summed E-state index contributed by atoms with van der Waals surface area (Å²) in [6.07, 6.45) is 0.146. The van der Waals surface area contributed by atoms with Gasteiger partial charge in [-0.25, -0.2) is 0 Å². The molecule has 0 bridgehead atoms. The average molecular weight is 1040 g/mol. The van der Waals surface area contributed by atoms with Crippen LogP contribution in [0.2, 0.25) is 0 Å². The number of hydrogen-bond acceptors (Lipinski definition) is 15. The number of nitrogens with one attached hydrogen (secondary N) is 2. The Morgan fingerprint density at radius 1 is 0.526 bits per heavy atom. The molecule has 21 nitrogen and oxygen atoms in total. The number of carbonyl (C=O) groups excluding carboxylic acids is 4. The lowest BCUT2D eigenvalue weighted by molar-refractivity contribution is -0.135. The van der Waals surface area contributed by atoms with Crippen molar-refractivity contribution in [1.82, 2.24) is 59.8 Å². The van der Waals surface area contributed by atoms with E-state index < -0.39 is 17.9 Å². The quantitative estimate of drug-likeness (QED) is 0.0607. The van der Waals surface area contributed by atoms with E-state index in [1.54, 1.807) is 21.3 Å². The van der Waals surface area contributed by atoms with Crippen molar-refractivity contribution in [2.75, 3.05) is 65.4 Å². The molecule has 4 heterocycles. The minimum absolute atomic E-state index is 0.0338. The highest BCUT2D eigenvalue weighted by atomic mass is 16.3. The van der Waals surface area contributed by atoms with Crippen LogP contribution in [-0.4, -0.2) is 165 Å². The third-order valence-electron chi connectivity index (χ3n) is 13.9. The van der Waals surface area contributed by atoms with Crippen LogP contribution in [0.15, 0.2) is 72.8 Å². The maximum absolute atomic E-state index is 13.4. The summed E-state index contributed by atoms with van der Waals surface area (Å²) in [7, 11) is 0. The van der Waals surface area contributed by atoms with E-state index in [4.69, 9.17) is 5.73 Å². The van der Waals surface area contributed by atoms with Crippen molar-refractivity contribution in [3.63, 3.8) is 0 Å². The number of piperazine rings is 2. The number of hydrogen-bond donors (Lipinski definition) is 7. The van der Waals surface area contributed by atoms with E-state index in [1.165, 1.54) is 12.1 Å². The zero-order valence-corrected chi connectivity index (χ0v) is 44.0. The summed E-state index contributed by atoms with van der Waals surface area (Å²) in [5.41, 5.74) is 11.6. The molecule has 402 valence electrons. The molecule has 2 aliphatic rings. The number of rotatable bonds is 18. The number of nitrogens with zero attached hydrogens (tertiary/aromatic N) is 10. The van der Waals surface area contributed by atoms with Gasteiger partial charge in [0.05, 0.1) is 11.1 Å². The number of aromatic nitrogens is 6. The Balaban J connectivity index is 0.806. The van der Waals surface area contributed by atoms with E-state index in [-0.39, 0.29) is 82.8 Å². The number of nitrogens with two attached hydrogens (primary N) is 1. The maximum Gasteiger partial charge on any atom is 0.289 e. The topological polar surface area (TPSA) is 274 Å². The first kappa shape index (κ1) is 54.4. The molecule has 8 N–H and O–H groups in total. The smallest absolute Gasteiger partial charge is 0.289 e. The summed E-state index contributed by atoms with van der Waals surface area (Å²) < 4.78 is 3.20. The number of aromatic hydroxyl groups is 4. The molecular formula is C55H69N13O8. The predicted molar refractivity (Wildman–Crippen MR) is 285 cm³/mol. The molecular weight excluding hydrogens is 971 g/mol. The Bertz CT molecular complexity index is 2840. The van der Waals surface area contributed by atoms with E-state index in [9.17, 15) is 39.6 Å². The van der Waals surface area contributed by atoms with Gasteiger partial charge in [0.2, 0.25) is 23.5 Å². The van der Waals surface area contributed by atoms with Crippen molar-refractivity contribution < 1.29 is 39.6 Å². The van der Waals surface area contributed by atoms with Crippen molar-refractivity contribution in [3.8, 4) is 57.1 Å². The molecule has 2 aromatic heterocycles. The lowest BCUT2D eigenvalue weighted by atomic mass is 9.98. The monoisotopic (exact) mass is 1040 g/mol. The van der Waals surface area contributed by atoms with Gasteiger partial charge in [-0.15, -0.1) is 20.4 Å². The maximum atomic E-state index is 13.4. The van der Waals surface area contributed by atoms with Crippen molar-refractivity contribution in [3.05, 3.63) is 107 Å². The van der Waals surface area contributed by atoms with Gasteiger partial charge >= 0.3 is 0 Å². The fourth-order valence-corrected chi connectivity index (χ4v) is 9.76. The van der Waals surface area contributed by atoms with Gasteiger partial charge in [0.1, 0.15) is 23.0 Å². The van der Waals surface area contributed by atoms with Crippen LogP contribution >= 0.6 is 0 Å². The molecule has 2 fully saturated rings. The van der Waals surface area contributed by atoms with Crippen LogP contribution in [-0.2, 0) is 22.7 Å². The van der Waals surface area contributed by atoms with E-state index in [1.807, 2.05) is 99.9 Å². The SMILES string of the molecule is CCNC(=O)c1nnc(-c2cc(C(C)C)c(O)cc2O)n1-c1ccc(CN2CCN(C(=O)CC(N)CC(=O)N3CCN(Cc4ccc(-n5c(C(=O)NCC)nnc5-c5cc(C(C)C)c(O)cc5O)cc4)CC3)CC2)cc1. The van der Waals surface area contributed by atoms with Gasteiger partial charge in [-0.05, 0) is 84.3 Å². The Morgan fingerprint density at radius 3 is 1.21 bits per heavy atom. The minimum Gasteiger partial charge on any atom is -0.508 e. The highest BCUT2D eigenvalue weighted by molar-refractivity contribution is 5.93. The fourth-order valence-electron chi connectivity index (χ4n) is 9.76. The Kier molecular flexibility index (Phi) is 17.0. The van der Waals surface area contributed by atoms with Crippen molar-refractivity contribution >= 4 is 23.6 Å². The molecule has 8 rings (SSSR count). The average Bonchev–Trinajstić information content (AvgIpc) is 4.10. The lowest BCUT2D eigenvalue weighted by Crippen LogP contribution is -2.50. The Labute approximate surface area is 442 Å². The van der Waals surface area contributed by atoms with Gasteiger partial charge in [0.25, 0.3) is 11.8 Å². The molecule has 2 aliphatic heterocycles.